The standard InChI is InChI=1S/C18H14Cl2N2O2S2/c1-8-9(2)25-6-12(8)17(24)22-18-15(16(21)23)13(7-26-18)11-4-3-10(19)5-14(11)20/h3-7H,1-2H3,(H2,21,23)(H,22,24). The van der Waals surface area contributed by atoms with Crippen LogP contribution in [0.25, 0.3) is 11.1 Å². The van der Waals surface area contributed by atoms with Crippen molar-refractivity contribution >= 4 is 62.7 Å². The molecule has 3 N–H and O–H groups in total. The van der Waals surface area contributed by atoms with Crippen LogP contribution in [0.3, 0.4) is 0 Å². The van der Waals surface area contributed by atoms with Crippen LogP contribution in [0.4, 0.5) is 5.00 Å². The van der Waals surface area contributed by atoms with E-state index in [0.717, 1.165) is 10.4 Å². The van der Waals surface area contributed by atoms with E-state index in [0.29, 0.717) is 31.7 Å². The van der Waals surface area contributed by atoms with Crippen molar-refractivity contribution in [2.45, 2.75) is 13.8 Å². The van der Waals surface area contributed by atoms with Crippen LogP contribution in [0, 0.1) is 13.8 Å². The minimum atomic E-state index is -0.638. The molecular formula is C18H14Cl2N2O2S2. The van der Waals surface area contributed by atoms with E-state index in [9.17, 15) is 9.59 Å². The topological polar surface area (TPSA) is 72.2 Å². The monoisotopic (exact) mass is 424 g/mol. The second kappa shape index (κ2) is 7.40. The molecule has 8 heteroatoms. The summed E-state index contributed by atoms with van der Waals surface area (Å²) in [6.07, 6.45) is 0. The average molecular weight is 425 g/mol. The molecular weight excluding hydrogens is 411 g/mol. The van der Waals surface area contributed by atoms with Crippen molar-refractivity contribution in [1.82, 2.24) is 0 Å². The molecule has 0 aliphatic carbocycles. The first-order chi connectivity index (χ1) is 12.3. The largest absolute Gasteiger partial charge is 0.365 e. The maximum Gasteiger partial charge on any atom is 0.257 e. The predicted octanol–water partition coefficient (Wildman–Crippen LogP) is 5.75. The molecule has 1 aromatic carbocycles. The molecule has 0 aliphatic rings. The van der Waals surface area contributed by atoms with E-state index in [2.05, 4.69) is 5.32 Å². The highest BCUT2D eigenvalue weighted by Crippen LogP contribution is 2.39. The maximum absolute atomic E-state index is 12.6. The Morgan fingerprint density at radius 2 is 1.81 bits per heavy atom. The molecule has 0 unspecified atom stereocenters. The summed E-state index contributed by atoms with van der Waals surface area (Å²) in [4.78, 5) is 25.7. The predicted molar refractivity (Wildman–Crippen MR) is 110 cm³/mol. The van der Waals surface area contributed by atoms with Crippen LogP contribution >= 0.6 is 45.9 Å². The Labute approximate surface area is 168 Å². The number of primary amides is 1. The van der Waals surface area contributed by atoms with Crippen molar-refractivity contribution in [3.63, 3.8) is 0 Å². The lowest BCUT2D eigenvalue weighted by molar-refractivity contribution is 0.100. The molecule has 2 amide bonds. The number of halogens is 2. The summed E-state index contributed by atoms with van der Waals surface area (Å²) < 4.78 is 0. The summed E-state index contributed by atoms with van der Waals surface area (Å²) in [6.45, 7) is 3.85. The Hall–Kier alpha value is -1.86. The fraction of sp³-hybridized carbons (Fsp3) is 0.111. The molecule has 0 radical (unpaired) electrons. The van der Waals surface area contributed by atoms with Crippen LogP contribution in [0.1, 0.15) is 31.2 Å². The van der Waals surface area contributed by atoms with Gasteiger partial charge in [0.15, 0.2) is 0 Å². The molecule has 4 nitrogen and oxygen atoms in total. The van der Waals surface area contributed by atoms with Crippen molar-refractivity contribution in [1.29, 1.82) is 0 Å². The van der Waals surface area contributed by atoms with Crippen molar-refractivity contribution < 1.29 is 9.59 Å². The van der Waals surface area contributed by atoms with E-state index in [1.54, 1.807) is 29.0 Å². The second-order valence-electron chi connectivity index (χ2n) is 5.63. The van der Waals surface area contributed by atoms with Crippen molar-refractivity contribution in [3.05, 3.63) is 60.6 Å². The minimum absolute atomic E-state index is 0.233. The van der Waals surface area contributed by atoms with Crippen molar-refractivity contribution in [2.75, 3.05) is 5.32 Å². The van der Waals surface area contributed by atoms with Gasteiger partial charge in [-0.05, 0) is 31.5 Å². The highest BCUT2D eigenvalue weighted by molar-refractivity contribution is 7.15. The molecule has 2 heterocycles. The second-order valence-corrected chi connectivity index (χ2v) is 8.43. The number of hydrogen-bond donors (Lipinski definition) is 2. The van der Waals surface area contributed by atoms with Crippen LogP contribution in [-0.4, -0.2) is 11.8 Å². The Morgan fingerprint density at radius 3 is 2.38 bits per heavy atom. The van der Waals surface area contributed by atoms with Gasteiger partial charge in [0.25, 0.3) is 11.8 Å². The molecule has 0 saturated heterocycles. The smallest absolute Gasteiger partial charge is 0.257 e. The molecule has 0 spiro atoms. The Bertz CT molecular complexity index is 1020. The number of thiophene rings is 2. The highest BCUT2D eigenvalue weighted by Gasteiger charge is 2.22. The van der Waals surface area contributed by atoms with E-state index < -0.39 is 5.91 Å². The number of rotatable bonds is 4. The van der Waals surface area contributed by atoms with Gasteiger partial charge in [-0.2, -0.15) is 0 Å². The zero-order valence-corrected chi connectivity index (χ0v) is 17.0. The molecule has 0 bridgehead atoms. The van der Waals surface area contributed by atoms with Gasteiger partial charge in [0.05, 0.1) is 11.1 Å². The van der Waals surface area contributed by atoms with Crippen LogP contribution in [-0.2, 0) is 0 Å². The lowest BCUT2D eigenvalue weighted by Crippen LogP contribution is -2.17. The summed E-state index contributed by atoms with van der Waals surface area (Å²) in [6, 6.07) is 4.99. The Morgan fingerprint density at radius 1 is 1.08 bits per heavy atom. The molecule has 0 atom stereocenters. The number of hydrogen-bond acceptors (Lipinski definition) is 4. The van der Waals surface area contributed by atoms with Gasteiger partial charge in [-0.3, -0.25) is 9.59 Å². The number of carbonyl (C=O) groups is 2. The summed E-state index contributed by atoms with van der Waals surface area (Å²) in [7, 11) is 0. The van der Waals surface area contributed by atoms with E-state index >= 15 is 0 Å². The number of amides is 2. The van der Waals surface area contributed by atoms with Gasteiger partial charge in [0.1, 0.15) is 5.00 Å². The third-order valence-electron chi connectivity index (χ3n) is 4.02. The van der Waals surface area contributed by atoms with Crippen LogP contribution in [0.15, 0.2) is 29.0 Å². The van der Waals surface area contributed by atoms with E-state index in [-0.39, 0.29) is 11.5 Å². The highest BCUT2D eigenvalue weighted by atomic mass is 35.5. The lowest BCUT2D eigenvalue weighted by atomic mass is 10.0. The number of carbonyl (C=O) groups excluding carboxylic acids is 2. The summed E-state index contributed by atoms with van der Waals surface area (Å²) in [5.41, 5.74) is 8.51. The third kappa shape index (κ3) is 3.50. The van der Waals surface area contributed by atoms with E-state index in [4.69, 9.17) is 28.9 Å². The zero-order valence-electron chi connectivity index (χ0n) is 13.9. The SMILES string of the molecule is Cc1scc(C(=O)Nc2scc(-c3ccc(Cl)cc3Cl)c2C(N)=O)c1C. The number of aryl methyl sites for hydroxylation is 1. The first-order valence-electron chi connectivity index (χ1n) is 7.52. The number of nitrogens with one attached hydrogen (secondary N) is 1. The fourth-order valence-corrected chi connectivity index (χ4v) is 4.84. The van der Waals surface area contributed by atoms with Gasteiger partial charge in [-0.1, -0.05) is 29.3 Å². The van der Waals surface area contributed by atoms with E-state index in [1.165, 1.54) is 22.7 Å². The fourth-order valence-electron chi connectivity index (χ4n) is 2.51. The minimum Gasteiger partial charge on any atom is -0.365 e. The molecule has 3 aromatic rings. The van der Waals surface area contributed by atoms with Gasteiger partial charge in [0.2, 0.25) is 0 Å². The summed E-state index contributed by atoms with van der Waals surface area (Å²) in [5.74, 6) is -0.911. The van der Waals surface area contributed by atoms with Crippen molar-refractivity contribution in [2.24, 2.45) is 5.73 Å². The van der Waals surface area contributed by atoms with Crippen LogP contribution in [0.2, 0.25) is 10.0 Å². The number of benzene rings is 1. The number of anilines is 1. The molecule has 0 aliphatic heterocycles. The first kappa shape index (κ1) is 18.9. The first-order valence-corrected chi connectivity index (χ1v) is 10.0. The zero-order chi connectivity index (χ0) is 19.0. The van der Waals surface area contributed by atoms with Crippen molar-refractivity contribution in [3.8, 4) is 11.1 Å². The van der Waals surface area contributed by atoms with Gasteiger partial charge >= 0.3 is 0 Å². The summed E-state index contributed by atoms with van der Waals surface area (Å²) >= 11 is 14.9. The molecule has 3 rings (SSSR count). The molecule has 0 fully saturated rings. The van der Waals surface area contributed by atoms with Gasteiger partial charge in [0, 0.05) is 36.8 Å². The van der Waals surface area contributed by atoms with Gasteiger partial charge < -0.3 is 11.1 Å². The molecule has 26 heavy (non-hydrogen) atoms. The Kier molecular flexibility index (Phi) is 5.39. The molecule has 134 valence electrons. The quantitative estimate of drug-likeness (QED) is 0.559. The van der Waals surface area contributed by atoms with E-state index in [1.807, 2.05) is 13.8 Å². The lowest BCUT2D eigenvalue weighted by Gasteiger charge is -2.08. The summed E-state index contributed by atoms with van der Waals surface area (Å²) in [5, 5.41) is 7.64. The molecule has 0 saturated carbocycles. The average Bonchev–Trinajstić information content (AvgIpc) is 3.12. The number of nitrogens with two attached hydrogens (primary N) is 1. The third-order valence-corrected chi connectivity index (χ3v) is 6.47. The normalized spacial score (nSPS) is 10.8. The van der Waals surface area contributed by atoms with Gasteiger partial charge in [-0.15, -0.1) is 22.7 Å². The van der Waals surface area contributed by atoms with Gasteiger partial charge in [-0.25, -0.2) is 0 Å². The Balaban J connectivity index is 2.01. The molecule has 2 aromatic heterocycles. The van der Waals surface area contributed by atoms with Crippen LogP contribution < -0.4 is 11.1 Å². The van der Waals surface area contributed by atoms with Crippen LogP contribution in [0.5, 0.6) is 0 Å². The maximum atomic E-state index is 12.6.